The number of hydrogen-bond donors (Lipinski definition) is 0. The van der Waals surface area contributed by atoms with Gasteiger partial charge in [-0.2, -0.15) is 5.11 Å². The van der Waals surface area contributed by atoms with E-state index in [0.29, 0.717) is 11.3 Å². The van der Waals surface area contributed by atoms with Crippen LogP contribution in [0.1, 0.15) is 5.56 Å². The van der Waals surface area contributed by atoms with Gasteiger partial charge in [0, 0.05) is 0 Å². The van der Waals surface area contributed by atoms with Crippen molar-refractivity contribution in [3.8, 4) is 0 Å². The Labute approximate surface area is 141 Å². The van der Waals surface area contributed by atoms with Crippen LogP contribution in [0, 0.1) is 18.6 Å². The lowest BCUT2D eigenvalue weighted by Crippen LogP contribution is -2.40. The Kier molecular flexibility index (Phi) is 3.34. The van der Waals surface area contributed by atoms with E-state index in [1.54, 1.807) is 19.1 Å². The second-order valence-corrected chi connectivity index (χ2v) is 5.86. The number of fused-ring (bicyclic) bond motifs is 1. The van der Waals surface area contributed by atoms with Crippen LogP contribution in [0.4, 0.5) is 20.2 Å². The van der Waals surface area contributed by atoms with Gasteiger partial charge in [-0.1, -0.05) is 11.3 Å². The number of rotatable bonds is 2. The largest absolute Gasteiger partial charge is 0.271 e. The van der Waals surface area contributed by atoms with Crippen LogP contribution in [-0.4, -0.2) is 23.9 Å². The van der Waals surface area contributed by atoms with Crippen molar-refractivity contribution in [3.63, 3.8) is 0 Å². The SMILES string of the molecule is Cc1ccc(N2N=N[C@@H]3C(=O)N(c4ccc(F)cc4)C(=O)[C@@H]32)cc1F. The third kappa shape index (κ3) is 2.29. The van der Waals surface area contributed by atoms with Gasteiger partial charge < -0.3 is 0 Å². The molecule has 0 saturated carbocycles. The van der Waals surface area contributed by atoms with Crippen molar-refractivity contribution >= 4 is 23.2 Å². The molecule has 6 nitrogen and oxygen atoms in total. The molecule has 2 heterocycles. The minimum absolute atomic E-state index is 0.260. The number of benzene rings is 2. The number of carbonyl (C=O) groups excluding carboxylic acids is 2. The van der Waals surface area contributed by atoms with Crippen LogP contribution >= 0.6 is 0 Å². The molecule has 2 amide bonds. The zero-order chi connectivity index (χ0) is 17.7. The summed E-state index contributed by atoms with van der Waals surface area (Å²) in [5, 5.41) is 8.99. The summed E-state index contributed by atoms with van der Waals surface area (Å²) in [5.74, 6) is -1.99. The Hall–Kier alpha value is -3.16. The monoisotopic (exact) mass is 342 g/mol. The van der Waals surface area contributed by atoms with Crippen LogP contribution in [0.5, 0.6) is 0 Å². The first-order valence-corrected chi connectivity index (χ1v) is 7.57. The van der Waals surface area contributed by atoms with Gasteiger partial charge in [-0.15, -0.1) is 0 Å². The molecule has 2 aromatic rings. The van der Waals surface area contributed by atoms with Crippen molar-refractivity contribution in [1.29, 1.82) is 0 Å². The Balaban J connectivity index is 1.70. The molecule has 0 aliphatic carbocycles. The lowest BCUT2D eigenvalue weighted by Gasteiger charge is -2.20. The van der Waals surface area contributed by atoms with Crippen molar-refractivity contribution in [3.05, 3.63) is 59.7 Å². The van der Waals surface area contributed by atoms with Crippen LogP contribution in [0.15, 0.2) is 52.8 Å². The number of aryl methyl sites for hydroxylation is 1. The van der Waals surface area contributed by atoms with Crippen LogP contribution in [0.25, 0.3) is 0 Å². The molecule has 1 saturated heterocycles. The van der Waals surface area contributed by atoms with E-state index in [9.17, 15) is 18.4 Å². The van der Waals surface area contributed by atoms with Crippen molar-refractivity contribution in [2.24, 2.45) is 10.3 Å². The highest BCUT2D eigenvalue weighted by Gasteiger charge is 2.55. The minimum atomic E-state index is -0.998. The average molecular weight is 342 g/mol. The molecule has 0 spiro atoms. The maximum absolute atomic E-state index is 13.8. The second-order valence-electron chi connectivity index (χ2n) is 5.86. The second kappa shape index (κ2) is 5.44. The third-order valence-corrected chi connectivity index (χ3v) is 4.29. The quantitative estimate of drug-likeness (QED) is 0.788. The first-order valence-electron chi connectivity index (χ1n) is 7.57. The van der Waals surface area contributed by atoms with Gasteiger partial charge in [0.2, 0.25) is 0 Å². The standard InChI is InChI=1S/C17H12F2N4O2/c1-9-2-5-12(8-13(9)19)23-15-14(20-21-23)16(24)22(17(15)25)11-6-3-10(18)4-7-11/h2-8,14-15H,1H3/t14-,15+/m0/s1. The molecule has 126 valence electrons. The van der Waals surface area contributed by atoms with E-state index in [-0.39, 0.29) is 5.69 Å². The van der Waals surface area contributed by atoms with E-state index in [1.165, 1.54) is 35.3 Å². The van der Waals surface area contributed by atoms with E-state index in [4.69, 9.17) is 0 Å². The number of halogens is 2. The number of anilines is 2. The number of hydrogen-bond acceptors (Lipinski definition) is 5. The van der Waals surface area contributed by atoms with Gasteiger partial charge >= 0.3 is 0 Å². The van der Waals surface area contributed by atoms with E-state index in [2.05, 4.69) is 10.3 Å². The molecule has 1 fully saturated rings. The molecular weight excluding hydrogens is 330 g/mol. The molecule has 0 bridgehead atoms. The van der Waals surface area contributed by atoms with Crippen LogP contribution in [0.3, 0.4) is 0 Å². The summed E-state index contributed by atoms with van der Waals surface area (Å²) in [7, 11) is 0. The van der Waals surface area contributed by atoms with Gasteiger partial charge in [0.15, 0.2) is 12.1 Å². The molecule has 8 heteroatoms. The smallest absolute Gasteiger partial charge is 0.263 e. The molecule has 0 unspecified atom stereocenters. The topological polar surface area (TPSA) is 65.3 Å². The van der Waals surface area contributed by atoms with Gasteiger partial charge in [0.05, 0.1) is 11.4 Å². The summed E-state index contributed by atoms with van der Waals surface area (Å²) >= 11 is 0. The first-order chi connectivity index (χ1) is 12.0. The fraction of sp³-hybridized carbons (Fsp3) is 0.176. The summed E-state index contributed by atoms with van der Waals surface area (Å²) in [4.78, 5) is 26.3. The lowest BCUT2D eigenvalue weighted by molar-refractivity contribution is -0.121. The Morgan fingerprint density at radius 1 is 0.960 bits per heavy atom. The summed E-state index contributed by atoms with van der Waals surface area (Å²) in [6.07, 6.45) is 0. The third-order valence-electron chi connectivity index (χ3n) is 4.29. The molecule has 25 heavy (non-hydrogen) atoms. The summed E-state index contributed by atoms with van der Waals surface area (Å²) < 4.78 is 26.9. The highest BCUT2D eigenvalue weighted by Crippen LogP contribution is 2.35. The number of carbonyl (C=O) groups is 2. The minimum Gasteiger partial charge on any atom is -0.271 e. The van der Waals surface area contributed by atoms with Gasteiger partial charge in [0.25, 0.3) is 11.8 Å². The average Bonchev–Trinajstić information content (AvgIpc) is 3.13. The normalized spacial score (nSPS) is 22.0. The first kappa shape index (κ1) is 15.4. The molecule has 2 atom stereocenters. The molecule has 2 aliphatic rings. The Bertz CT molecular complexity index is 913. The van der Waals surface area contributed by atoms with Gasteiger partial charge in [-0.3, -0.25) is 9.59 Å². The molecule has 2 aliphatic heterocycles. The molecule has 0 aromatic heterocycles. The van der Waals surface area contributed by atoms with E-state index in [0.717, 1.165) is 4.90 Å². The van der Waals surface area contributed by atoms with E-state index < -0.39 is 35.5 Å². The van der Waals surface area contributed by atoms with E-state index >= 15 is 0 Å². The van der Waals surface area contributed by atoms with Crippen LogP contribution in [-0.2, 0) is 9.59 Å². The van der Waals surface area contributed by atoms with Gasteiger partial charge in [-0.25, -0.2) is 18.7 Å². The highest BCUT2D eigenvalue weighted by molar-refractivity contribution is 6.26. The van der Waals surface area contributed by atoms with Crippen molar-refractivity contribution in [2.75, 3.05) is 9.91 Å². The summed E-state index contributed by atoms with van der Waals surface area (Å²) in [6.45, 7) is 1.62. The maximum Gasteiger partial charge on any atom is 0.263 e. The Morgan fingerprint density at radius 3 is 2.32 bits per heavy atom. The molecule has 0 radical (unpaired) electrons. The molecular formula is C17H12F2N4O2. The molecule has 2 aromatic carbocycles. The van der Waals surface area contributed by atoms with Crippen molar-refractivity contribution in [1.82, 2.24) is 0 Å². The van der Waals surface area contributed by atoms with E-state index in [1.807, 2.05) is 0 Å². The van der Waals surface area contributed by atoms with Gasteiger partial charge in [-0.05, 0) is 48.9 Å². The predicted molar refractivity (Wildman–Crippen MR) is 84.9 cm³/mol. The molecule has 0 N–H and O–H groups in total. The zero-order valence-electron chi connectivity index (χ0n) is 13.1. The maximum atomic E-state index is 13.8. The highest BCUT2D eigenvalue weighted by atomic mass is 19.1. The fourth-order valence-electron chi connectivity index (χ4n) is 2.94. The van der Waals surface area contributed by atoms with Crippen LogP contribution < -0.4 is 9.91 Å². The van der Waals surface area contributed by atoms with Crippen molar-refractivity contribution < 1.29 is 18.4 Å². The molecule has 4 rings (SSSR count). The fourth-order valence-corrected chi connectivity index (χ4v) is 2.94. The van der Waals surface area contributed by atoms with Gasteiger partial charge in [0.1, 0.15) is 11.6 Å². The Morgan fingerprint density at radius 2 is 1.64 bits per heavy atom. The van der Waals surface area contributed by atoms with Crippen LogP contribution in [0.2, 0.25) is 0 Å². The predicted octanol–water partition coefficient (Wildman–Crippen LogP) is 2.77. The zero-order valence-corrected chi connectivity index (χ0v) is 13.1. The summed E-state index contributed by atoms with van der Waals surface area (Å²) in [5.41, 5.74) is 1.05. The van der Waals surface area contributed by atoms with Crippen molar-refractivity contribution in [2.45, 2.75) is 19.0 Å². The number of amides is 2. The number of nitrogens with zero attached hydrogens (tertiary/aromatic N) is 4. The lowest BCUT2D eigenvalue weighted by atomic mass is 10.1. The number of imide groups is 1. The summed E-state index contributed by atoms with van der Waals surface area (Å²) in [6, 6.07) is 7.47.